The molecular formula is C9H16ClNO. The lowest BCUT2D eigenvalue weighted by atomic mass is 9.94. The molecule has 0 spiro atoms. The second-order valence-corrected chi connectivity index (χ2v) is 3.76. The van der Waals surface area contributed by atoms with Gasteiger partial charge < -0.3 is 4.90 Å². The molecule has 0 saturated carbocycles. The van der Waals surface area contributed by atoms with Gasteiger partial charge >= 0.3 is 0 Å². The summed E-state index contributed by atoms with van der Waals surface area (Å²) in [5.74, 6) is 0.394. The van der Waals surface area contributed by atoms with Crippen LogP contribution in [0, 0.1) is 5.41 Å². The minimum absolute atomic E-state index is 0.0531. The lowest BCUT2D eigenvalue weighted by molar-refractivity contribution is -0.137. The molecule has 0 atom stereocenters. The van der Waals surface area contributed by atoms with Gasteiger partial charge in [-0.1, -0.05) is 6.08 Å². The Hall–Kier alpha value is -0.500. The van der Waals surface area contributed by atoms with Crippen LogP contribution in [-0.4, -0.2) is 30.3 Å². The lowest BCUT2D eigenvalue weighted by Gasteiger charge is -2.26. The Balaban J connectivity index is 4.27. The molecule has 0 aliphatic carbocycles. The van der Waals surface area contributed by atoms with Crippen LogP contribution in [0.5, 0.6) is 0 Å². The summed E-state index contributed by atoms with van der Waals surface area (Å²) in [6, 6.07) is 0. The molecule has 0 rings (SSSR count). The van der Waals surface area contributed by atoms with E-state index in [-0.39, 0.29) is 5.91 Å². The minimum Gasteiger partial charge on any atom is -0.342 e. The maximum absolute atomic E-state index is 11.6. The van der Waals surface area contributed by atoms with E-state index in [9.17, 15) is 4.79 Å². The van der Waals surface area contributed by atoms with Crippen molar-refractivity contribution < 1.29 is 4.79 Å². The van der Waals surface area contributed by atoms with Crippen LogP contribution < -0.4 is 0 Å². The van der Waals surface area contributed by atoms with Gasteiger partial charge in [-0.05, 0) is 13.8 Å². The number of carbonyl (C=O) groups excluding carboxylic acids is 1. The molecular weight excluding hydrogens is 174 g/mol. The molecule has 0 unspecified atom stereocenters. The van der Waals surface area contributed by atoms with E-state index in [1.54, 1.807) is 18.0 Å². The summed E-state index contributed by atoms with van der Waals surface area (Å²) >= 11 is 5.66. The van der Waals surface area contributed by atoms with Gasteiger partial charge in [-0.15, -0.1) is 18.2 Å². The molecule has 2 nitrogen and oxygen atoms in total. The molecule has 0 aromatic heterocycles. The number of carbonyl (C=O) groups is 1. The first-order valence-electron chi connectivity index (χ1n) is 3.88. The van der Waals surface area contributed by atoms with Gasteiger partial charge in [-0.3, -0.25) is 4.79 Å². The molecule has 0 radical (unpaired) electrons. The SMILES string of the molecule is C=CCN(C)C(=O)C(C)(C)CCl. The molecule has 0 aliphatic rings. The van der Waals surface area contributed by atoms with Gasteiger partial charge in [-0.2, -0.15) is 0 Å². The zero-order valence-electron chi connectivity index (χ0n) is 7.93. The van der Waals surface area contributed by atoms with E-state index in [2.05, 4.69) is 6.58 Å². The van der Waals surface area contributed by atoms with Crippen molar-refractivity contribution in [3.05, 3.63) is 12.7 Å². The van der Waals surface area contributed by atoms with E-state index < -0.39 is 5.41 Å². The fourth-order valence-corrected chi connectivity index (χ4v) is 0.965. The number of hydrogen-bond donors (Lipinski definition) is 0. The van der Waals surface area contributed by atoms with E-state index in [0.717, 1.165) is 0 Å². The number of alkyl halides is 1. The molecule has 0 heterocycles. The summed E-state index contributed by atoms with van der Waals surface area (Å²) in [7, 11) is 1.75. The van der Waals surface area contributed by atoms with Gasteiger partial charge in [0.15, 0.2) is 0 Å². The largest absolute Gasteiger partial charge is 0.342 e. The maximum Gasteiger partial charge on any atom is 0.229 e. The number of nitrogens with zero attached hydrogens (tertiary/aromatic N) is 1. The predicted molar refractivity (Wildman–Crippen MR) is 52.3 cm³/mol. The van der Waals surface area contributed by atoms with Crippen molar-refractivity contribution in [3.63, 3.8) is 0 Å². The monoisotopic (exact) mass is 189 g/mol. The Morgan fingerprint density at radius 3 is 2.50 bits per heavy atom. The topological polar surface area (TPSA) is 20.3 Å². The highest BCUT2D eigenvalue weighted by atomic mass is 35.5. The molecule has 0 fully saturated rings. The molecule has 70 valence electrons. The highest BCUT2D eigenvalue weighted by Crippen LogP contribution is 2.19. The molecule has 3 heteroatoms. The quantitative estimate of drug-likeness (QED) is 0.489. The van der Waals surface area contributed by atoms with Gasteiger partial charge in [0.2, 0.25) is 5.91 Å². The molecule has 1 amide bonds. The molecule has 12 heavy (non-hydrogen) atoms. The summed E-state index contributed by atoms with van der Waals surface area (Å²) in [4.78, 5) is 13.2. The van der Waals surface area contributed by atoms with Gasteiger partial charge in [0.1, 0.15) is 0 Å². The van der Waals surface area contributed by atoms with Crippen LogP contribution in [0.1, 0.15) is 13.8 Å². The van der Waals surface area contributed by atoms with Crippen LogP contribution >= 0.6 is 11.6 Å². The number of rotatable bonds is 4. The van der Waals surface area contributed by atoms with E-state index in [1.807, 2.05) is 13.8 Å². The number of halogens is 1. The molecule has 0 aliphatic heterocycles. The maximum atomic E-state index is 11.6. The van der Waals surface area contributed by atoms with Crippen molar-refractivity contribution in [1.82, 2.24) is 4.90 Å². The Labute approximate surface area is 79.2 Å². The Kier molecular flexibility index (Phi) is 4.32. The van der Waals surface area contributed by atoms with Crippen molar-refractivity contribution in [2.75, 3.05) is 19.5 Å². The average Bonchev–Trinajstić information content (AvgIpc) is 2.03. The standard InChI is InChI=1S/C9H16ClNO/c1-5-6-11(4)8(12)9(2,3)7-10/h5H,1,6-7H2,2-4H3. The first kappa shape index (κ1) is 11.5. The number of amides is 1. The van der Waals surface area contributed by atoms with Crippen LogP contribution in [0.4, 0.5) is 0 Å². The summed E-state index contributed by atoms with van der Waals surface area (Å²) in [5, 5.41) is 0. The predicted octanol–water partition coefficient (Wildman–Crippen LogP) is 1.90. The highest BCUT2D eigenvalue weighted by molar-refractivity contribution is 6.19. The van der Waals surface area contributed by atoms with Crippen LogP contribution in [-0.2, 0) is 4.79 Å². The van der Waals surface area contributed by atoms with Gasteiger partial charge in [-0.25, -0.2) is 0 Å². The van der Waals surface area contributed by atoms with Crippen LogP contribution in [0.15, 0.2) is 12.7 Å². The van der Waals surface area contributed by atoms with E-state index in [0.29, 0.717) is 12.4 Å². The van der Waals surface area contributed by atoms with Crippen molar-refractivity contribution in [2.45, 2.75) is 13.8 Å². The van der Waals surface area contributed by atoms with Crippen LogP contribution in [0.25, 0.3) is 0 Å². The van der Waals surface area contributed by atoms with Gasteiger partial charge in [0, 0.05) is 19.5 Å². The third-order valence-electron chi connectivity index (χ3n) is 1.66. The van der Waals surface area contributed by atoms with Crippen molar-refractivity contribution in [1.29, 1.82) is 0 Å². The van der Waals surface area contributed by atoms with Crippen LogP contribution in [0.3, 0.4) is 0 Å². The fourth-order valence-electron chi connectivity index (χ4n) is 0.850. The van der Waals surface area contributed by atoms with Crippen molar-refractivity contribution in [3.8, 4) is 0 Å². The van der Waals surface area contributed by atoms with Crippen LogP contribution in [0.2, 0.25) is 0 Å². The molecule has 0 aromatic carbocycles. The van der Waals surface area contributed by atoms with E-state index in [4.69, 9.17) is 11.6 Å². The molecule has 0 saturated heterocycles. The Morgan fingerprint density at radius 1 is 1.67 bits per heavy atom. The van der Waals surface area contributed by atoms with E-state index >= 15 is 0 Å². The number of hydrogen-bond acceptors (Lipinski definition) is 1. The Morgan fingerprint density at radius 2 is 2.17 bits per heavy atom. The first-order valence-corrected chi connectivity index (χ1v) is 4.41. The zero-order chi connectivity index (χ0) is 9.78. The summed E-state index contributed by atoms with van der Waals surface area (Å²) in [5.41, 5.74) is -0.473. The average molecular weight is 190 g/mol. The lowest BCUT2D eigenvalue weighted by Crippen LogP contribution is -2.39. The Bertz CT molecular complexity index is 177. The van der Waals surface area contributed by atoms with Gasteiger partial charge in [0.05, 0.1) is 5.41 Å². The summed E-state index contributed by atoms with van der Waals surface area (Å²) in [6.07, 6.45) is 1.70. The molecule has 0 N–H and O–H groups in total. The normalized spacial score (nSPS) is 11.0. The second-order valence-electron chi connectivity index (χ2n) is 3.49. The zero-order valence-corrected chi connectivity index (χ0v) is 8.69. The number of likely N-dealkylation sites (N-methyl/N-ethyl adjacent to an activating group) is 1. The minimum atomic E-state index is -0.473. The second kappa shape index (κ2) is 4.51. The van der Waals surface area contributed by atoms with E-state index in [1.165, 1.54) is 0 Å². The fraction of sp³-hybridized carbons (Fsp3) is 0.667. The van der Waals surface area contributed by atoms with Gasteiger partial charge in [0.25, 0.3) is 0 Å². The molecule has 0 bridgehead atoms. The molecule has 0 aromatic rings. The highest BCUT2D eigenvalue weighted by Gasteiger charge is 2.28. The summed E-state index contributed by atoms with van der Waals surface area (Å²) in [6.45, 7) is 7.80. The third kappa shape index (κ3) is 2.86. The van der Waals surface area contributed by atoms with Crippen molar-refractivity contribution >= 4 is 17.5 Å². The smallest absolute Gasteiger partial charge is 0.229 e. The summed E-state index contributed by atoms with van der Waals surface area (Å²) < 4.78 is 0. The first-order chi connectivity index (χ1) is 5.45. The van der Waals surface area contributed by atoms with Crippen molar-refractivity contribution in [2.24, 2.45) is 5.41 Å². The third-order valence-corrected chi connectivity index (χ3v) is 2.33.